The molecular formula is C10H10N4O3. The van der Waals surface area contributed by atoms with E-state index in [9.17, 15) is 4.79 Å². The number of aromatic nitrogens is 4. The Kier molecular flexibility index (Phi) is 2.99. The predicted octanol–water partition coefficient (Wildman–Crippen LogP) is 0.789. The fraction of sp³-hybridized carbons (Fsp3) is 0.200. The van der Waals surface area contributed by atoms with E-state index in [1.54, 1.807) is 25.5 Å². The highest BCUT2D eigenvalue weighted by Gasteiger charge is 2.15. The van der Waals surface area contributed by atoms with E-state index >= 15 is 0 Å². The molecule has 0 amide bonds. The number of aryl methyl sites for hydroxylation is 1. The first-order chi connectivity index (χ1) is 8.20. The summed E-state index contributed by atoms with van der Waals surface area (Å²) in [6.45, 7) is 0. The second-order valence-corrected chi connectivity index (χ2v) is 3.12. The highest BCUT2D eigenvalue weighted by atomic mass is 16.5. The van der Waals surface area contributed by atoms with Crippen molar-refractivity contribution in [1.29, 1.82) is 0 Å². The minimum absolute atomic E-state index is 0.169. The zero-order valence-electron chi connectivity index (χ0n) is 9.32. The van der Waals surface area contributed by atoms with Gasteiger partial charge in [0, 0.05) is 25.5 Å². The van der Waals surface area contributed by atoms with Crippen LogP contribution in [-0.2, 0) is 11.8 Å². The number of carbonyl (C=O) groups excluding carboxylic acids is 1. The quantitative estimate of drug-likeness (QED) is 0.730. The van der Waals surface area contributed by atoms with Gasteiger partial charge in [-0.3, -0.25) is 4.68 Å². The fourth-order valence-corrected chi connectivity index (χ4v) is 1.22. The highest BCUT2D eigenvalue weighted by molar-refractivity contribution is 5.87. The molecular weight excluding hydrogens is 224 g/mol. The van der Waals surface area contributed by atoms with Gasteiger partial charge in [-0.15, -0.1) is 5.10 Å². The van der Waals surface area contributed by atoms with Gasteiger partial charge in [0.2, 0.25) is 5.88 Å². The van der Waals surface area contributed by atoms with Crippen molar-refractivity contribution < 1.29 is 14.3 Å². The van der Waals surface area contributed by atoms with Crippen molar-refractivity contribution in [2.45, 2.75) is 0 Å². The second kappa shape index (κ2) is 4.60. The van der Waals surface area contributed by atoms with Crippen LogP contribution in [0.15, 0.2) is 24.5 Å². The standard InChI is InChI=1S/C10H10N4O3/c1-14-7(9(15)16-2)6-8(13-14)17-10-11-4-3-5-12-10/h3-6H,1-2H3. The van der Waals surface area contributed by atoms with Crippen LogP contribution in [0, 0.1) is 0 Å². The average Bonchev–Trinajstić information content (AvgIpc) is 2.70. The minimum atomic E-state index is -0.483. The van der Waals surface area contributed by atoms with Gasteiger partial charge in [-0.1, -0.05) is 0 Å². The maximum absolute atomic E-state index is 11.3. The molecule has 17 heavy (non-hydrogen) atoms. The summed E-state index contributed by atoms with van der Waals surface area (Å²) >= 11 is 0. The number of hydrogen-bond donors (Lipinski definition) is 0. The molecule has 0 bridgehead atoms. The molecule has 2 aromatic heterocycles. The van der Waals surface area contributed by atoms with Crippen molar-refractivity contribution >= 4 is 5.97 Å². The molecule has 0 aliphatic carbocycles. The number of hydrogen-bond acceptors (Lipinski definition) is 6. The lowest BCUT2D eigenvalue weighted by atomic mass is 10.4. The average molecular weight is 234 g/mol. The van der Waals surface area contributed by atoms with Crippen LogP contribution >= 0.6 is 0 Å². The number of methoxy groups -OCH3 is 1. The van der Waals surface area contributed by atoms with E-state index in [4.69, 9.17) is 4.74 Å². The Morgan fingerprint density at radius 2 is 2.06 bits per heavy atom. The van der Waals surface area contributed by atoms with Gasteiger partial charge in [0.15, 0.2) is 0 Å². The van der Waals surface area contributed by atoms with Crippen LogP contribution in [0.25, 0.3) is 0 Å². The Hall–Kier alpha value is -2.44. The summed E-state index contributed by atoms with van der Waals surface area (Å²) in [5, 5.41) is 3.99. The van der Waals surface area contributed by atoms with Gasteiger partial charge >= 0.3 is 12.0 Å². The topological polar surface area (TPSA) is 79.1 Å². The van der Waals surface area contributed by atoms with Crippen LogP contribution in [0.4, 0.5) is 0 Å². The molecule has 0 spiro atoms. The van der Waals surface area contributed by atoms with Crippen molar-refractivity contribution in [2.24, 2.45) is 7.05 Å². The molecule has 0 fully saturated rings. The molecule has 88 valence electrons. The molecule has 2 heterocycles. The van der Waals surface area contributed by atoms with E-state index in [-0.39, 0.29) is 11.9 Å². The summed E-state index contributed by atoms with van der Waals surface area (Å²) in [5.41, 5.74) is 0.290. The molecule has 7 heteroatoms. The van der Waals surface area contributed by atoms with E-state index in [2.05, 4.69) is 19.8 Å². The fourth-order valence-electron chi connectivity index (χ4n) is 1.22. The zero-order chi connectivity index (χ0) is 12.3. The van der Waals surface area contributed by atoms with Gasteiger partial charge in [-0.05, 0) is 6.07 Å². The molecule has 0 radical (unpaired) electrons. The lowest BCUT2D eigenvalue weighted by Crippen LogP contribution is -2.07. The molecule has 0 aliphatic heterocycles. The molecule has 0 aromatic carbocycles. The number of ether oxygens (including phenoxy) is 2. The highest BCUT2D eigenvalue weighted by Crippen LogP contribution is 2.16. The van der Waals surface area contributed by atoms with Gasteiger partial charge in [0.25, 0.3) is 0 Å². The summed E-state index contributed by atoms with van der Waals surface area (Å²) in [6.07, 6.45) is 3.10. The molecule has 0 atom stereocenters. The number of carbonyl (C=O) groups is 1. The minimum Gasteiger partial charge on any atom is -0.464 e. The summed E-state index contributed by atoms with van der Waals surface area (Å²) in [6, 6.07) is 3.30. The Morgan fingerprint density at radius 1 is 1.35 bits per heavy atom. The van der Waals surface area contributed by atoms with Crippen molar-refractivity contribution in [3.63, 3.8) is 0 Å². The predicted molar refractivity (Wildman–Crippen MR) is 56.7 cm³/mol. The SMILES string of the molecule is COC(=O)c1cc(Oc2ncccn2)nn1C. The third-order valence-electron chi connectivity index (χ3n) is 1.99. The molecule has 0 saturated heterocycles. The van der Waals surface area contributed by atoms with Crippen molar-refractivity contribution in [3.05, 3.63) is 30.2 Å². The van der Waals surface area contributed by atoms with E-state index in [0.717, 1.165) is 0 Å². The van der Waals surface area contributed by atoms with Crippen LogP contribution in [0.5, 0.6) is 11.9 Å². The largest absolute Gasteiger partial charge is 0.464 e. The van der Waals surface area contributed by atoms with Gasteiger partial charge in [-0.2, -0.15) is 0 Å². The second-order valence-electron chi connectivity index (χ2n) is 3.12. The normalized spacial score (nSPS) is 10.0. The Bertz CT molecular complexity index is 524. The first-order valence-corrected chi connectivity index (χ1v) is 4.78. The van der Waals surface area contributed by atoms with Crippen LogP contribution in [0.1, 0.15) is 10.5 Å². The van der Waals surface area contributed by atoms with E-state index in [1.165, 1.54) is 17.9 Å². The number of rotatable bonds is 3. The van der Waals surface area contributed by atoms with Crippen LogP contribution in [-0.4, -0.2) is 32.8 Å². The lowest BCUT2D eigenvalue weighted by Gasteiger charge is -1.96. The summed E-state index contributed by atoms with van der Waals surface area (Å²) in [4.78, 5) is 19.1. The van der Waals surface area contributed by atoms with Crippen LogP contribution in [0.2, 0.25) is 0 Å². The summed E-state index contributed by atoms with van der Waals surface area (Å²) in [5.74, 6) is -0.247. The van der Waals surface area contributed by atoms with Crippen LogP contribution in [0.3, 0.4) is 0 Å². The first kappa shape index (κ1) is 11.1. The third kappa shape index (κ3) is 2.39. The number of nitrogens with zero attached hydrogens (tertiary/aromatic N) is 4. The lowest BCUT2D eigenvalue weighted by molar-refractivity contribution is 0.0588. The molecule has 0 saturated carbocycles. The maximum Gasteiger partial charge on any atom is 0.356 e. The van der Waals surface area contributed by atoms with Crippen molar-refractivity contribution in [1.82, 2.24) is 19.7 Å². The zero-order valence-corrected chi connectivity index (χ0v) is 9.32. The van der Waals surface area contributed by atoms with Gasteiger partial charge in [-0.25, -0.2) is 14.8 Å². The van der Waals surface area contributed by atoms with E-state index in [1.807, 2.05) is 0 Å². The summed E-state index contributed by atoms with van der Waals surface area (Å²) in [7, 11) is 2.92. The monoisotopic (exact) mass is 234 g/mol. The molecule has 2 aromatic rings. The molecule has 7 nitrogen and oxygen atoms in total. The Balaban J connectivity index is 2.21. The molecule has 0 aliphatic rings. The number of esters is 1. The van der Waals surface area contributed by atoms with E-state index in [0.29, 0.717) is 5.69 Å². The van der Waals surface area contributed by atoms with Crippen LogP contribution < -0.4 is 4.74 Å². The Labute approximate surface area is 97.0 Å². The smallest absolute Gasteiger partial charge is 0.356 e. The Morgan fingerprint density at radius 3 is 2.71 bits per heavy atom. The van der Waals surface area contributed by atoms with Gasteiger partial charge in [0.1, 0.15) is 5.69 Å². The van der Waals surface area contributed by atoms with Crippen molar-refractivity contribution in [2.75, 3.05) is 7.11 Å². The van der Waals surface area contributed by atoms with Gasteiger partial charge < -0.3 is 9.47 Å². The maximum atomic E-state index is 11.3. The third-order valence-corrected chi connectivity index (χ3v) is 1.99. The first-order valence-electron chi connectivity index (χ1n) is 4.78. The van der Waals surface area contributed by atoms with E-state index < -0.39 is 5.97 Å². The molecule has 2 rings (SSSR count). The summed E-state index contributed by atoms with van der Waals surface area (Å²) < 4.78 is 11.2. The molecule has 0 unspecified atom stereocenters. The van der Waals surface area contributed by atoms with Crippen molar-refractivity contribution in [3.8, 4) is 11.9 Å². The molecule has 0 N–H and O–H groups in total. The van der Waals surface area contributed by atoms with Gasteiger partial charge in [0.05, 0.1) is 7.11 Å².